The smallest absolute Gasteiger partial charge is 0.326 e. The van der Waals surface area contributed by atoms with Gasteiger partial charge in [-0.2, -0.15) is 13.2 Å². The maximum Gasteiger partial charge on any atom is 0.416 e. The largest absolute Gasteiger partial charge is 0.416 e. The predicted molar refractivity (Wildman–Crippen MR) is 86.9 cm³/mol. The fraction of sp³-hybridized carbons (Fsp3) is 0.222. The molecule has 1 saturated heterocycles. The van der Waals surface area contributed by atoms with Crippen molar-refractivity contribution in [3.63, 3.8) is 0 Å². The fourth-order valence-electron chi connectivity index (χ4n) is 2.77. The summed E-state index contributed by atoms with van der Waals surface area (Å²) in [6.07, 6.45) is -4.63. The summed E-state index contributed by atoms with van der Waals surface area (Å²) in [5.74, 6) is -3.92. The number of hydrogen-bond donors (Lipinski definition) is 1. The van der Waals surface area contributed by atoms with Crippen LogP contribution in [0.4, 0.5) is 33.3 Å². The molecule has 1 fully saturated rings. The number of amides is 2. The van der Waals surface area contributed by atoms with Crippen molar-refractivity contribution in [2.45, 2.75) is 12.6 Å². The van der Waals surface area contributed by atoms with Crippen LogP contribution < -0.4 is 10.2 Å². The third-order valence-corrected chi connectivity index (χ3v) is 4.19. The molecule has 2 aromatic rings. The van der Waals surface area contributed by atoms with E-state index in [4.69, 9.17) is 0 Å². The molecule has 142 valence electrons. The van der Waals surface area contributed by atoms with Crippen LogP contribution in [0.2, 0.25) is 0 Å². The average Bonchev–Trinajstić information content (AvgIpc) is 2.99. The van der Waals surface area contributed by atoms with Crippen molar-refractivity contribution in [1.82, 2.24) is 0 Å². The monoisotopic (exact) mass is 384 g/mol. The Morgan fingerprint density at radius 2 is 1.70 bits per heavy atom. The molecule has 1 aliphatic rings. The summed E-state index contributed by atoms with van der Waals surface area (Å²) < 4.78 is 64.0. The molecule has 1 N–H and O–H groups in total. The van der Waals surface area contributed by atoms with Crippen molar-refractivity contribution in [2.75, 3.05) is 16.8 Å². The van der Waals surface area contributed by atoms with Crippen LogP contribution in [0.15, 0.2) is 42.5 Å². The Kier molecular flexibility index (Phi) is 4.86. The number of rotatable bonds is 3. The number of alkyl halides is 3. The van der Waals surface area contributed by atoms with Crippen molar-refractivity contribution in [3.05, 3.63) is 59.7 Å². The minimum absolute atomic E-state index is 0.0453. The molecule has 9 heteroatoms. The summed E-state index contributed by atoms with van der Waals surface area (Å²) in [6.45, 7) is -0.0453. The van der Waals surface area contributed by atoms with Crippen LogP contribution >= 0.6 is 0 Å². The van der Waals surface area contributed by atoms with E-state index < -0.39 is 41.1 Å². The van der Waals surface area contributed by atoms with E-state index in [0.29, 0.717) is 0 Å². The Balaban J connectivity index is 1.67. The van der Waals surface area contributed by atoms with Gasteiger partial charge >= 0.3 is 6.18 Å². The van der Waals surface area contributed by atoms with Gasteiger partial charge < -0.3 is 10.2 Å². The first kappa shape index (κ1) is 18.8. The molecule has 0 spiro atoms. The fourth-order valence-corrected chi connectivity index (χ4v) is 2.77. The molecule has 1 heterocycles. The lowest BCUT2D eigenvalue weighted by molar-refractivity contribution is -0.137. The maximum absolute atomic E-state index is 13.3. The summed E-state index contributed by atoms with van der Waals surface area (Å²) >= 11 is 0. The summed E-state index contributed by atoms with van der Waals surface area (Å²) in [5, 5.41) is 2.46. The van der Waals surface area contributed by atoms with Crippen molar-refractivity contribution in [3.8, 4) is 0 Å². The number of nitrogens with one attached hydrogen (secondary N) is 1. The minimum Gasteiger partial charge on any atom is -0.326 e. The third kappa shape index (κ3) is 4.07. The van der Waals surface area contributed by atoms with Gasteiger partial charge in [0.2, 0.25) is 11.8 Å². The molecule has 0 aromatic heterocycles. The summed E-state index contributed by atoms with van der Waals surface area (Å²) in [5.41, 5.74) is -0.559. The molecule has 27 heavy (non-hydrogen) atoms. The van der Waals surface area contributed by atoms with Crippen LogP contribution in [0.3, 0.4) is 0 Å². The van der Waals surface area contributed by atoms with Crippen molar-refractivity contribution >= 4 is 23.2 Å². The first-order chi connectivity index (χ1) is 12.6. The molecule has 3 rings (SSSR count). The standard InChI is InChI=1S/C18H13F5N2O2/c19-14-6-5-13(8-15(14)20)25-9-10(7-16(25)26)17(27)24-12-3-1-11(2-4-12)18(21,22)23/h1-6,8,10H,7,9H2,(H,24,27). The van der Waals surface area contributed by atoms with Gasteiger partial charge in [0.05, 0.1) is 11.5 Å². The summed E-state index contributed by atoms with van der Waals surface area (Å²) in [4.78, 5) is 25.6. The molecular weight excluding hydrogens is 371 g/mol. The normalized spacial score (nSPS) is 17.3. The molecule has 0 bridgehead atoms. The molecule has 0 saturated carbocycles. The topological polar surface area (TPSA) is 49.4 Å². The Bertz CT molecular complexity index is 880. The number of carbonyl (C=O) groups excluding carboxylic acids is 2. The van der Waals surface area contributed by atoms with Crippen LogP contribution in [-0.2, 0) is 15.8 Å². The van der Waals surface area contributed by atoms with Crippen LogP contribution in [0.1, 0.15) is 12.0 Å². The molecule has 0 aliphatic carbocycles. The van der Waals surface area contributed by atoms with E-state index in [9.17, 15) is 31.5 Å². The van der Waals surface area contributed by atoms with Crippen molar-refractivity contribution in [2.24, 2.45) is 5.92 Å². The molecule has 2 aromatic carbocycles. The van der Waals surface area contributed by atoms with E-state index in [1.54, 1.807) is 0 Å². The first-order valence-corrected chi connectivity index (χ1v) is 7.88. The molecule has 2 amide bonds. The van der Waals surface area contributed by atoms with Crippen molar-refractivity contribution < 1.29 is 31.5 Å². The van der Waals surface area contributed by atoms with Crippen LogP contribution in [0.5, 0.6) is 0 Å². The van der Waals surface area contributed by atoms with Gasteiger partial charge in [-0.1, -0.05) is 0 Å². The highest BCUT2D eigenvalue weighted by Gasteiger charge is 2.35. The second-order valence-electron chi connectivity index (χ2n) is 6.07. The minimum atomic E-state index is -4.48. The number of benzene rings is 2. The lowest BCUT2D eigenvalue weighted by atomic mass is 10.1. The second-order valence-corrected chi connectivity index (χ2v) is 6.07. The van der Waals surface area contributed by atoms with Crippen LogP contribution in [0, 0.1) is 17.6 Å². The van der Waals surface area contributed by atoms with Gasteiger partial charge in [-0.05, 0) is 36.4 Å². The summed E-state index contributed by atoms with van der Waals surface area (Å²) in [7, 11) is 0. The zero-order chi connectivity index (χ0) is 19.8. The van der Waals surface area contributed by atoms with Gasteiger partial charge in [0, 0.05) is 30.4 Å². The highest BCUT2D eigenvalue weighted by atomic mass is 19.4. The van der Waals surface area contributed by atoms with Gasteiger partial charge in [0.25, 0.3) is 0 Å². The highest BCUT2D eigenvalue weighted by molar-refractivity contribution is 6.03. The zero-order valence-corrected chi connectivity index (χ0v) is 13.7. The third-order valence-electron chi connectivity index (χ3n) is 4.19. The number of hydrogen-bond acceptors (Lipinski definition) is 2. The maximum atomic E-state index is 13.3. The summed E-state index contributed by atoms with van der Waals surface area (Å²) in [6, 6.07) is 6.88. The van der Waals surface area contributed by atoms with E-state index in [1.165, 1.54) is 11.0 Å². The number of halogens is 5. The Morgan fingerprint density at radius 1 is 1.04 bits per heavy atom. The molecule has 1 atom stereocenters. The Labute approximate surface area is 150 Å². The predicted octanol–water partition coefficient (Wildman–Crippen LogP) is 3.98. The molecule has 4 nitrogen and oxygen atoms in total. The Morgan fingerprint density at radius 3 is 2.30 bits per heavy atom. The van der Waals surface area contributed by atoms with Gasteiger partial charge in [-0.25, -0.2) is 8.78 Å². The second kappa shape index (κ2) is 6.98. The van der Waals surface area contributed by atoms with Crippen molar-refractivity contribution in [1.29, 1.82) is 0 Å². The van der Waals surface area contributed by atoms with Gasteiger partial charge in [0.15, 0.2) is 11.6 Å². The Hall–Kier alpha value is -2.97. The molecule has 0 radical (unpaired) electrons. The van der Waals surface area contributed by atoms with E-state index in [-0.39, 0.29) is 24.3 Å². The number of carbonyl (C=O) groups is 2. The average molecular weight is 384 g/mol. The van der Waals surface area contributed by atoms with E-state index in [0.717, 1.165) is 36.4 Å². The number of nitrogens with zero attached hydrogens (tertiary/aromatic N) is 1. The lowest BCUT2D eigenvalue weighted by Gasteiger charge is -2.17. The first-order valence-electron chi connectivity index (χ1n) is 7.88. The lowest BCUT2D eigenvalue weighted by Crippen LogP contribution is -2.28. The van der Waals surface area contributed by atoms with E-state index in [2.05, 4.69) is 5.32 Å². The molecule has 1 aliphatic heterocycles. The van der Waals surface area contributed by atoms with Gasteiger partial charge in [-0.15, -0.1) is 0 Å². The molecule has 1 unspecified atom stereocenters. The highest BCUT2D eigenvalue weighted by Crippen LogP contribution is 2.30. The van der Waals surface area contributed by atoms with E-state index >= 15 is 0 Å². The van der Waals surface area contributed by atoms with Crippen LogP contribution in [-0.4, -0.2) is 18.4 Å². The quantitative estimate of drug-likeness (QED) is 0.814. The van der Waals surface area contributed by atoms with Gasteiger partial charge in [0.1, 0.15) is 0 Å². The zero-order valence-electron chi connectivity index (χ0n) is 13.7. The van der Waals surface area contributed by atoms with Crippen LogP contribution in [0.25, 0.3) is 0 Å². The molecular formula is C18H13F5N2O2. The number of anilines is 2. The van der Waals surface area contributed by atoms with E-state index in [1.807, 2.05) is 0 Å². The SMILES string of the molecule is O=C(Nc1ccc(C(F)(F)F)cc1)C1CC(=O)N(c2ccc(F)c(F)c2)C1. The van der Waals surface area contributed by atoms with Gasteiger partial charge in [-0.3, -0.25) is 9.59 Å².